The van der Waals surface area contributed by atoms with Crippen LogP contribution in [-0.4, -0.2) is 20.9 Å². The van der Waals surface area contributed by atoms with Crippen LogP contribution in [0.4, 0.5) is 5.69 Å². The second-order valence-electron chi connectivity index (χ2n) is 7.82. The van der Waals surface area contributed by atoms with Gasteiger partial charge in [0, 0.05) is 28.8 Å². The second kappa shape index (κ2) is 8.89. The van der Waals surface area contributed by atoms with Gasteiger partial charge in [0.15, 0.2) is 0 Å². The Labute approximate surface area is 184 Å². The minimum atomic E-state index is -0.781. The number of nitro groups is 1. The number of phenols is 1. The lowest BCUT2D eigenvalue weighted by atomic mass is 9.87. The largest absolute Gasteiger partial charge is 0.505 e. The molecule has 3 aromatic rings. The molecule has 160 valence electrons. The van der Waals surface area contributed by atoms with Crippen molar-refractivity contribution in [2.24, 2.45) is 5.92 Å². The van der Waals surface area contributed by atoms with E-state index in [2.05, 4.69) is 10.3 Å². The number of phenolic OH excluding ortho intramolecular Hbond substituents is 1. The zero-order chi connectivity index (χ0) is 22.0. The first-order valence-corrected chi connectivity index (χ1v) is 10.6. The van der Waals surface area contributed by atoms with E-state index in [0.717, 1.165) is 32.1 Å². The van der Waals surface area contributed by atoms with E-state index in [9.17, 15) is 20.0 Å². The summed E-state index contributed by atoms with van der Waals surface area (Å²) in [5, 5.41) is 26.5. The highest BCUT2D eigenvalue weighted by atomic mass is 35.5. The highest BCUT2D eigenvalue weighted by molar-refractivity contribution is 6.30. The maximum absolute atomic E-state index is 13.0. The van der Waals surface area contributed by atoms with E-state index >= 15 is 0 Å². The minimum Gasteiger partial charge on any atom is -0.505 e. The van der Waals surface area contributed by atoms with Crippen molar-refractivity contribution in [2.75, 3.05) is 0 Å². The van der Waals surface area contributed by atoms with E-state index in [0.29, 0.717) is 10.6 Å². The van der Waals surface area contributed by atoms with Crippen molar-refractivity contribution in [1.82, 2.24) is 10.3 Å². The molecule has 2 aromatic carbocycles. The molecule has 1 saturated carbocycles. The molecule has 1 atom stereocenters. The molecule has 1 fully saturated rings. The molecule has 1 aromatic heterocycles. The molecule has 7 nitrogen and oxygen atoms in total. The first-order valence-electron chi connectivity index (χ1n) is 10.3. The number of benzene rings is 2. The van der Waals surface area contributed by atoms with Crippen molar-refractivity contribution in [3.63, 3.8) is 0 Å². The topological polar surface area (TPSA) is 105 Å². The lowest BCUT2D eigenvalue weighted by Gasteiger charge is -2.26. The van der Waals surface area contributed by atoms with Crippen LogP contribution in [0.1, 0.15) is 49.3 Å². The number of hydrogen-bond acceptors (Lipinski definition) is 5. The van der Waals surface area contributed by atoms with Crippen LogP contribution < -0.4 is 5.32 Å². The van der Waals surface area contributed by atoms with Gasteiger partial charge in [0.1, 0.15) is 11.3 Å². The summed E-state index contributed by atoms with van der Waals surface area (Å²) in [6.45, 7) is 0. The molecule has 4 rings (SSSR count). The molecular formula is C23H22ClN3O4. The predicted molar refractivity (Wildman–Crippen MR) is 118 cm³/mol. The van der Waals surface area contributed by atoms with Crippen LogP contribution >= 0.6 is 11.6 Å². The van der Waals surface area contributed by atoms with Gasteiger partial charge in [0.2, 0.25) is 5.91 Å². The highest BCUT2D eigenvalue weighted by Crippen LogP contribution is 2.40. The SMILES string of the molecule is O=C(NC(c1ccc(Cl)cc1)c1cc([N+](=O)[O-])c2cccnc2c1O)C1CCCCC1. The fourth-order valence-electron chi connectivity index (χ4n) is 4.22. The van der Waals surface area contributed by atoms with Crippen molar-refractivity contribution in [2.45, 2.75) is 38.1 Å². The third kappa shape index (κ3) is 4.32. The standard InChI is InChI=1S/C23H22ClN3O4/c24-16-10-8-14(9-11-16)20(26-23(29)15-5-2-1-3-6-15)18-13-19(27(30)31)17-7-4-12-25-21(17)22(18)28/h4,7-13,15,20,28H,1-3,5-6H2,(H,26,29). The van der Waals surface area contributed by atoms with Crippen molar-refractivity contribution in [1.29, 1.82) is 0 Å². The number of hydrogen-bond donors (Lipinski definition) is 2. The molecule has 1 unspecified atom stereocenters. The number of amides is 1. The van der Waals surface area contributed by atoms with Crippen LogP contribution in [0.3, 0.4) is 0 Å². The van der Waals surface area contributed by atoms with Gasteiger partial charge in [0.25, 0.3) is 5.69 Å². The van der Waals surface area contributed by atoms with Gasteiger partial charge in [-0.25, -0.2) is 0 Å². The Kier molecular flexibility index (Phi) is 6.04. The molecule has 8 heteroatoms. The number of nitrogens with one attached hydrogen (secondary N) is 1. The van der Waals surface area contributed by atoms with Gasteiger partial charge in [-0.1, -0.05) is 43.0 Å². The zero-order valence-corrected chi connectivity index (χ0v) is 17.5. The number of rotatable bonds is 5. The lowest BCUT2D eigenvalue weighted by molar-refractivity contribution is -0.383. The number of carbonyl (C=O) groups excluding carboxylic acids is 1. The first kappa shape index (κ1) is 21.1. The summed E-state index contributed by atoms with van der Waals surface area (Å²) in [4.78, 5) is 28.4. The molecular weight excluding hydrogens is 418 g/mol. The fraction of sp³-hybridized carbons (Fsp3) is 0.304. The van der Waals surface area contributed by atoms with Crippen molar-refractivity contribution in [3.05, 3.63) is 74.9 Å². The first-order chi connectivity index (χ1) is 15.0. The molecule has 2 N–H and O–H groups in total. The van der Waals surface area contributed by atoms with E-state index in [-0.39, 0.29) is 39.7 Å². The Bertz CT molecular complexity index is 1130. The Morgan fingerprint density at radius 3 is 2.58 bits per heavy atom. The van der Waals surface area contributed by atoms with Crippen molar-refractivity contribution >= 4 is 34.1 Å². The molecule has 31 heavy (non-hydrogen) atoms. The van der Waals surface area contributed by atoms with Crippen LogP contribution in [0.15, 0.2) is 48.7 Å². The molecule has 1 aliphatic carbocycles. The molecule has 0 spiro atoms. The number of fused-ring (bicyclic) bond motifs is 1. The van der Waals surface area contributed by atoms with Crippen LogP contribution in [0.25, 0.3) is 10.9 Å². The number of aromatic nitrogens is 1. The Hall–Kier alpha value is -3.19. The third-order valence-corrected chi connectivity index (χ3v) is 6.10. The van der Waals surface area contributed by atoms with Gasteiger partial charge in [-0.15, -0.1) is 0 Å². The molecule has 0 bridgehead atoms. The second-order valence-corrected chi connectivity index (χ2v) is 8.25. The summed E-state index contributed by atoms with van der Waals surface area (Å²) in [6.07, 6.45) is 6.21. The third-order valence-electron chi connectivity index (χ3n) is 5.85. The van der Waals surface area contributed by atoms with E-state index < -0.39 is 11.0 Å². The van der Waals surface area contributed by atoms with Crippen LogP contribution in [-0.2, 0) is 4.79 Å². The van der Waals surface area contributed by atoms with Gasteiger partial charge in [0.05, 0.1) is 16.4 Å². The van der Waals surface area contributed by atoms with Gasteiger partial charge in [-0.2, -0.15) is 0 Å². The van der Waals surface area contributed by atoms with E-state index in [4.69, 9.17) is 11.6 Å². The number of carbonyl (C=O) groups is 1. The summed E-state index contributed by atoms with van der Waals surface area (Å²) >= 11 is 6.03. The van der Waals surface area contributed by atoms with E-state index in [1.807, 2.05) is 0 Å². The number of nitrogens with zero attached hydrogens (tertiary/aromatic N) is 2. The number of nitro benzene ring substituents is 1. The predicted octanol–water partition coefficient (Wildman–Crippen LogP) is 5.29. The molecule has 0 aliphatic heterocycles. The fourth-order valence-corrected chi connectivity index (χ4v) is 4.35. The summed E-state index contributed by atoms with van der Waals surface area (Å²) in [6, 6.07) is 10.5. The summed E-state index contributed by atoms with van der Waals surface area (Å²) in [5.41, 5.74) is 0.831. The Balaban J connectivity index is 1.83. The van der Waals surface area contributed by atoms with Crippen molar-refractivity contribution in [3.8, 4) is 5.75 Å². The van der Waals surface area contributed by atoms with E-state index in [1.54, 1.807) is 36.4 Å². The van der Waals surface area contributed by atoms with E-state index in [1.165, 1.54) is 12.3 Å². The lowest BCUT2D eigenvalue weighted by Crippen LogP contribution is -2.35. The number of pyridine rings is 1. The molecule has 0 saturated heterocycles. The molecule has 1 aliphatic rings. The number of aromatic hydroxyl groups is 1. The highest BCUT2D eigenvalue weighted by Gasteiger charge is 2.29. The summed E-state index contributed by atoms with van der Waals surface area (Å²) < 4.78 is 0. The maximum Gasteiger partial charge on any atom is 0.279 e. The number of non-ortho nitro benzene ring substituents is 1. The average Bonchev–Trinajstić information content (AvgIpc) is 2.79. The van der Waals surface area contributed by atoms with Crippen LogP contribution in [0, 0.1) is 16.0 Å². The quantitative estimate of drug-likeness (QED) is 0.415. The molecule has 0 radical (unpaired) electrons. The van der Waals surface area contributed by atoms with Gasteiger partial charge in [-0.05, 0) is 42.7 Å². The Morgan fingerprint density at radius 2 is 1.90 bits per heavy atom. The monoisotopic (exact) mass is 439 g/mol. The average molecular weight is 440 g/mol. The molecule has 1 heterocycles. The van der Waals surface area contributed by atoms with Gasteiger partial charge in [-0.3, -0.25) is 19.9 Å². The molecule has 1 amide bonds. The number of halogens is 1. The smallest absolute Gasteiger partial charge is 0.279 e. The normalized spacial score (nSPS) is 15.5. The van der Waals surface area contributed by atoms with Gasteiger partial charge >= 0.3 is 0 Å². The maximum atomic E-state index is 13.0. The summed E-state index contributed by atoms with van der Waals surface area (Å²) in [5.74, 6) is -0.424. The van der Waals surface area contributed by atoms with Crippen molar-refractivity contribution < 1.29 is 14.8 Å². The minimum absolute atomic E-state index is 0.112. The van der Waals surface area contributed by atoms with Crippen LogP contribution in [0.2, 0.25) is 5.02 Å². The van der Waals surface area contributed by atoms with Gasteiger partial charge < -0.3 is 10.4 Å². The zero-order valence-electron chi connectivity index (χ0n) is 16.8. The van der Waals surface area contributed by atoms with Crippen LogP contribution in [0.5, 0.6) is 5.75 Å². The summed E-state index contributed by atoms with van der Waals surface area (Å²) in [7, 11) is 0. The Morgan fingerprint density at radius 1 is 1.19 bits per heavy atom.